The van der Waals surface area contributed by atoms with E-state index in [1.54, 1.807) is 7.11 Å². The molecule has 0 spiro atoms. The van der Waals surface area contributed by atoms with E-state index in [2.05, 4.69) is 15.6 Å². The fraction of sp³-hybridized carbons (Fsp3) is 0.455. The SMILES string of the molecule is COCCNC(=O)CCNC(=O)c1cc(N)c[nH]1. The van der Waals surface area contributed by atoms with Crippen LogP contribution in [0.1, 0.15) is 16.9 Å². The number of ether oxygens (including phenoxy) is 1. The van der Waals surface area contributed by atoms with Crippen molar-refractivity contribution in [2.75, 3.05) is 32.5 Å². The van der Waals surface area contributed by atoms with Crippen LogP contribution >= 0.6 is 0 Å². The second-order valence-corrected chi connectivity index (χ2v) is 3.70. The van der Waals surface area contributed by atoms with Gasteiger partial charge in [0.1, 0.15) is 5.69 Å². The Kier molecular flexibility index (Phi) is 5.72. The van der Waals surface area contributed by atoms with Gasteiger partial charge >= 0.3 is 0 Å². The zero-order valence-corrected chi connectivity index (χ0v) is 10.3. The molecule has 7 nitrogen and oxygen atoms in total. The largest absolute Gasteiger partial charge is 0.397 e. The molecule has 1 aromatic heterocycles. The maximum atomic E-state index is 11.6. The highest BCUT2D eigenvalue weighted by Gasteiger charge is 2.07. The van der Waals surface area contributed by atoms with Gasteiger partial charge in [-0.25, -0.2) is 0 Å². The summed E-state index contributed by atoms with van der Waals surface area (Å²) in [6, 6.07) is 1.54. The topological polar surface area (TPSA) is 109 Å². The van der Waals surface area contributed by atoms with Crippen LogP contribution in [0, 0.1) is 0 Å². The van der Waals surface area contributed by atoms with E-state index in [0.717, 1.165) is 0 Å². The van der Waals surface area contributed by atoms with Gasteiger partial charge in [-0.1, -0.05) is 0 Å². The summed E-state index contributed by atoms with van der Waals surface area (Å²) in [5.41, 5.74) is 6.35. The van der Waals surface area contributed by atoms with E-state index >= 15 is 0 Å². The maximum absolute atomic E-state index is 11.6. The van der Waals surface area contributed by atoms with Gasteiger partial charge in [0.15, 0.2) is 0 Å². The molecule has 1 heterocycles. The van der Waals surface area contributed by atoms with Crippen LogP contribution < -0.4 is 16.4 Å². The Labute approximate surface area is 105 Å². The molecule has 100 valence electrons. The molecular weight excluding hydrogens is 236 g/mol. The average molecular weight is 254 g/mol. The number of nitrogen functional groups attached to an aromatic ring is 1. The fourth-order valence-electron chi connectivity index (χ4n) is 1.31. The molecular formula is C11H18N4O3. The second kappa shape index (κ2) is 7.33. The minimum Gasteiger partial charge on any atom is -0.397 e. The van der Waals surface area contributed by atoms with Crippen LogP contribution in [-0.2, 0) is 9.53 Å². The van der Waals surface area contributed by atoms with Gasteiger partial charge in [0.2, 0.25) is 5.91 Å². The zero-order chi connectivity index (χ0) is 13.4. The first-order valence-corrected chi connectivity index (χ1v) is 5.61. The van der Waals surface area contributed by atoms with E-state index in [0.29, 0.717) is 24.5 Å². The molecule has 0 bridgehead atoms. The van der Waals surface area contributed by atoms with Crippen molar-refractivity contribution in [3.8, 4) is 0 Å². The smallest absolute Gasteiger partial charge is 0.267 e. The van der Waals surface area contributed by atoms with Crippen molar-refractivity contribution in [1.29, 1.82) is 0 Å². The van der Waals surface area contributed by atoms with Crippen molar-refractivity contribution < 1.29 is 14.3 Å². The summed E-state index contributed by atoms with van der Waals surface area (Å²) in [5.74, 6) is -0.408. The van der Waals surface area contributed by atoms with Gasteiger partial charge in [0, 0.05) is 38.5 Å². The van der Waals surface area contributed by atoms with Gasteiger partial charge in [-0.05, 0) is 6.07 Å². The van der Waals surface area contributed by atoms with Crippen LogP contribution in [-0.4, -0.2) is 43.6 Å². The Balaban J connectivity index is 2.17. The average Bonchev–Trinajstić information content (AvgIpc) is 2.76. The van der Waals surface area contributed by atoms with Crippen molar-refractivity contribution in [3.05, 3.63) is 18.0 Å². The van der Waals surface area contributed by atoms with Crippen molar-refractivity contribution in [3.63, 3.8) is 0 Å². The number of H-pyrrole nitrogens is 1. The Hall–Kier alpha value is -2.02. The lowest BCUT2D eigenvalue weighted by atomic mass is 10.3. The van der Waals surface area contributed by atoms with Gasteiger partial charge in [0.25, 0.3) is 5.91 Å². The highest BCUT2D eigenvalue weighted by molar-refractivity contribution is 5.93. The number of anilines is 1. The van der Waals surface area contributed by atoms with Crippen LogP contribution in [0.3, 0.4) is 0 Å². The lowest BCUT2D eigenvalue weighted by Crippen LogP contribution is -2.32. The summed E-state index contributed by atoms with van der Waals surface area (Å²) in [5, 5.41) is 5.27. The lowest BCUT2D eigenvalue weighted by molar-refractivity contribution is -0.121. The van der Waals surface area contributed by atoms with Gasteiger partial charge in [-0.2, -0.15) is 0 Å². The van der Waals surface area contributed by atoms with Gasteiger partial charge < -0.3 is 26.1 Å². The molecule has 1 aromatic rings. The summed E-state index contributed by atoms with van der Waals surface area (Å²) in [6.45, 7) is 1.22. The fourth-order valence-corrected chi connectivity index (χ4v) is 1.31. The summed E-state index contributed by atoms with van der Waals surface area (Å²) in [4.78, 5) is 25.6. The molecule has 7 heteroatoms. The summed E-state index contributed by atoms with van der Waals surface area (Å²) in [6.07, 6.45) is 1.76. The van der Waals surface area contributed by atoms with Gasteiger partial charge in [-0.15, -0.1) is 0 Å². The van der Waals surface area contributed by atoms with E-state index in [4.69, 9.17) is 10.5 Å². The zero-order valence-electron chi connectivity index (χ0n) is 10.3. The highest BCUT2D eigenvalue weighted by Crippen LogP contribution is 2.03. The van der Waals surface area contributed by atoms with Crippen LogP contribution in [0.4, 0.5) is 5.69 Å². The van der Waals surface area contributed by atoms with E-state index in [1.165, 1.54) is 12.3 Å². The molecule has 0 aliphatic heterocycles. The monoisotopic (exact) mass is 254 g/mol. The first-order valence-electron chi connectivity index (χ1n) is 5.61. The minimum absolute atomic E-state index is 0.127. The predicted octanol–water partition coefficient (Wildman–Crippen LogP) is -0.521. The number of nitrogens with two attached hydrogens (primary N) is 1. The first kappa shape index (κ1) is 14.0. The summed E-state index contributed by atoms with van der Waals surface area (Å²) in [7, 11) is 1.56. The predicted molar refractivity (Wildman–Crippen MR) is 67.0 cm³/mol. The highest BCUT2D eigenvalue weighted by atomic mass is 16.5. The number of carbonyl (C=O) groups is 2. The third-order valence-corrected chi connectivity index (χ3v) is 2.22. The molecule has 0 fully saturated rings. The quantitative estimate of drug-likeness (QED) is 0.491. The molecule has 0 radical (unpaired) electrons. The third-order valence-electron chi connectivity index (χ3n) is 2.22. The molecule has 0 saturated carbocycles. The van der Waals surface area contributed by atoms with Crippen molar-refractivity contribution in [1.82, 2.24) is 15.6 Å². The number of aromatic amines is 1. The van der Waals surface area contributed by atoms with Crippen LogP contribution in [0.2, 0.25) is 0 Å². The number of rotatable bonds is 7. The van der Waals surface area contributed by atoms with Crippen LogP contribution in [0.25, 0.3) is 0 Å². The lowest BCUT2D eigenvalue weighted by Gasteiger charge is -2.05. The van der Waals surface area contributed by atoms with E-state index < -0.39 is 0 Å². The molecule has 0 aliphatic carbocycles. The second-order valence-electron chi connectivity index (χ2n) is 3.70. The maximum Gasteiger partial charge on any atom is 0.267 e. The third kappa shape index (κ3) is 4.88. The Morgan fingerprint density at radius 3 is 2.78 bits per heavy atom. The Morgan fingerprint density at radius 1 is 1.39 bits per heavy atom. The molecule has 2 amide bonds. The van der Waals surface area contributed by atoms with E-state index in [9.17, 15) is 9.59 Å². The number of hydrogen-bond donors (Lipinski definition) is 4. The molecule has 5 N–H and O–H groups in total. The van der Waals surface area contributed by atoms with Gasteiger partial charge in [0.05, 0.1) is 6.61 Å². The standard InChI is InChI=1S/C11H18N4O3/c1-18-5-4-13-10(16)2-3-14-11(17)9-6-8(12)7-15-9/h6-7,15H,2-5,12H2,1H3,(H,13,16)(H,14,17). The number of carbonyl (C=O) groups excluding carboxylic acids is 2. The molecule has 0 unspecified atom stereocenters. The molecule has 18 heavy (non-hydrogen) atoms. The number of amides is 2. The number of methoxy groups -OCH3 is 1. The van der Waals surface area contributed by atoms with E-state index in [1.807, 2.05) is 0 Å². The van der Waals surface area contributed by atoms with E-state index in [-0.39, 0.29) is 24.8 Å². The number of aromatic nitrogens is 1. The molecule has 1 rings (SSSR count). The first-order chi connectivity index (χ1) is 8.63. The van der Waals surface area contributed by atoms with Gasteiger partial charge in [-0.3, -0.25) is 9.59 Å². The van der Waals surface area contributed by atoms with Crippen molar-refractivity contribution >= 4 is 17.5 Å². The van der Waals surface area contributed by atoms with Crippen molar-refractivity contribution in [2.45, 2.75) is 6.42 Å². The summed E-state index contributed by atoms with van der Waals surface area (Å²) < 4.78 is 4.79. The summed E-state index contributed by atoms with van der Waals surface area (Å²) >= 11 is 0. The van der Waals surface area contributed by atoms with Crippen LogP contribution in [0.15, 0.2) is 12.3 Å². The molecule has 0 atom stereocenters. The van der Waals surface area contributed by atoms with Crippen LogP contribution in [0.5, 0.6) is 0 Å². The molecule has 0 aliphatic rings. The Morgan fingerprint density at radius 2 is 2.17 bits per heavy atom. The molecule has 0 saturated heterocycles. The molecule has 0 aromatic carbocycles. The van der Waals surface area contributed by atoms with Crippen molar-refractivity contribution in [2.24, 2.45) is 0 Å². The normalized spacial score (nSPS) is 10.1. The minimum atomic E-state index is -0.281. The number of nitrogens with one attached hydrogen (secondary N) is 3. The Bertz CT molecular complexity index is 403. The number of hydrogen-bond acceptors (Lipinski definition) is 4.